The lowest BCUT2D eigenvalue weighted by Crippen LogP contribution is -2.26. The highest BCUT2D eigenvalue weighted by Gasteiger charge is 2.36. The number of aromatic nitrogens is 6. The lowest BCUT2D eigenvalue weighted by Gasteiger charge is -2.38. The SMILES string of the molecule is CC1(C)C2=C(C=CCC2)Sc2c(-c3nc(-c4ccccc4)nc(-c4ccc(-c5nc(-c6ccccc6)nc(-c6cccc7sc8c#cccc8c67)n5)cc4)n3)cccc21. The predicted octanol–water partition coefficient (Wildman–Crippen LogP) is 13.0. The van der Waals surface area contributed by atoms with E-state index in [4.69, 9.17) is 29.9 Å². The fourth-order valence-electron chi connectivity index (χ4n) is 8.24. The van der Waals surface area contributed by atoms with Gasteiger partial charge in [0, 0.05) is 64.1 Å². The predicted molar refractivity (Wildman–Crippen MR) is 241 cm³/mol. The summed E-state index contributed by atoms with van der Waals surface area (Å²) in [6.45, 7) is 4.69. The maximum atomic E-state index is 5.20. The third-order valence-electron chi connectivity index (χ3n) is 11.3. The summed E-state index contributed by atoms with van der Waals surface area (Å²) in [4.78, 5) is 33.2. The molecule has 6 aromatic carbocycles. The lowest BCUT2D eigenvalue weighted by molar-refractivity contribution is 0.574. The van der Waals surface area contributed by atoms with Crippen molar-refractivity contribution in [2.45, 2.75) is 37.0 Å². The maximum Gasteiger partial charge on any atom is 0.165 e. The Bertz CT molecular complexity index is 3150. The first-order valence-electron chi connectivity index (χ1n) is 19.7. The summed E-state index contributed by atoms with van der Waals surface area (Å²) < 4.78 is 2.21. The van der Waals surface area contributed by atoms with Crippen molar-refractivity contribution in [2.24, 2.45) is 0 Å². The van der Waals surface area contributed by atoms with Gasteiger partial charge in [-0.15, -0.1) is 11.3 Å². The minimum absolute atomic E-state index is 0.0960. The number of hydrogen-bond acceptors (Lipinski definition) is 8. The highest BCUT2D eigenvalue weighted by molar-refractivity contribution is 8.03. The molecule has 1 aliphatic carbocycles. The molecule has 0 fully saturated rings. The van der Waals surface area contributed by atoms with Crippen LogP contribution in [0.5, 0.6) is 0 Å². The Morgan fingerprint density at radius 3 is 1.76 bits per heavy atom. The van der Waals surface area contributed by atoms with Crippen molar-refractivity contribution in [3.8, 4) is 68.3 Å². The summed E-state index contributed by atoms with van der Waals surface area (Å²) in [7, 11) is 0. The second-order valence-corrected chi connectivity index (χ2v) is 17.3. The van der Waals surface area contributed by atoms with E-state index in [1.54, 1.807) is 11.3 Å². The second-order valence-electron chi connectivity index (χ2n) is 15.2. The van der Waals surface area contributed by atoms with Gasteiger partial charge in [-0.3, -0.25) is 0 Å². The third-order valence-corrected chi connectivity index (χ3v) is 13.6. The van der Waals surface area contributed by atoms with E-state index in [-0.39, 0.29) is 5.41 Å². The smallest absolute Gasteiger partial charge is 0.165 e. The minimum atomic E-state index is -0.0960. The van der Waals surface area contributed by atoms with Crippen molar-refractivity contribution in [3.63, 3.8) is 0 Å². The number of nitrogens with zero attached hydrogens (tertiary/aromatic N) is 6. The first-order valence-corrected chi connectivity index (χ1v) is 21.3. The molecule has 9 aromatic rings. The molecule has 8 heteroatoms. The van der Waals surface area contributed by atoms with Gasteiger partial charge in [0.25, 0.3) is 0 Å². The first-order chi connectivity index (χ1) is 29.0. The molecule has 0 spiro atoms. The highest BCUT2D eigenvalue weighted by Crippen LogP contribution is 2.53. The fraction of sp³-hybridized carbons (Fsp3) is 0.0980. The van der Waals surface area contributed by atoms with Gasteiger partial charge in [0.05, 0.1) is 4.70 Å². The van der Waals surface area contributed by atoms with Crippen LogP contribution < -0.4 is 0 Å². The quantitative estimate of drug-likeness (QED) is 0.166. The van der Waals surface area contributed by atoms with Gasteiger partial charge in [-0.05, 0) is 42.2 Å². The molecule has 0 radical (unpaired) electrons. The van der Waals surface area contributed by atoms with E-state index in [2.05, 4.69) is 92.7 Å². The molecule has 0 amide bonds. The van der Waals surface area contributed by atoms with E-state index >= 15 is 0 Å². The number of allylic oxidation sites excluding steroid dienone is 3. The molecule has 11 rings (SSSR count). The zero-order chi connectivity index (χ0) is 39.5. The van der Waals surface area contributed by atoms with Crippen LogP contribution in [0.2, 0.25) is 0 Å². The number of fused-ring (bicyclic) bond motifs is 4. The molecule has 0 saturated heterocycles. The van der Waals surface area contributed by atoms with Crippen LogP contribution in [0.3, 0.4) is 0 Å². The van der Waals surface area contributed by atoms with Crippen LogP contribution in [-0.4, -0.2) is 29.9 Å². The Labute approximate surface area is 350 Å². The van der Waals surface area contributed by atoms with Crippen LogP contribution in [0, 0.1) is 12.1 Å². The van der Waals surface area contributed by atoms with Gasteiger partial charge in [0.2, 0.25) is 0 Å². The van der Waals surface area contributed by atoms with Gasteiger partial charge in [0.15, 0.2) is 34.9 Å². The molecule has 0 saturated carbocycles. The Balaban J connectivity index is 1.03. The maximum absolute atomic E-state index is 5.20. The van der Waals surface area contributed by atoms with Crippen LogP contribution in [0.15, 0.2) is 161 Å². The highest BCUT2D eigenvalue weighted by atomic mass is 32.2. The number of hydrogen-bond donors (Lipinski definition) is 0. The van der Waals surface area contributed by atoms with Crippen LogP contribution in [0.25, 0.3) is 88.5 Å². The summed E-state index contributed by atoms with van der Waals surface area (Å²) in [5.74, 6) is 3.69. The molecule has 1 aliphatic heterocycles. The topological polar surface area (TPSA) is 77.3 Å². The normalized spacial score (nSPS) is 14.3. The van der Waals surface area contributed by atoms with Crippen molar-refractivity contribution in [3.05, 3.63) is 174 Å². The second kappa shape index (κ2) is 14.2. The van der Waals surface area contributed by atoms with Gasteiger partial charge in [-0.25, -0.2) is 29.9 Å². The summed E-state index contributed by atoms with van der Waals surface area (Å²) in [6, 6.07) is 51.7. The van der Waals surface area contributed by atoms with Crippen molar-refractivity contribution in [1.82, 2.24) is 29.9 Å². The summed E-state index contributed by atoms with van der Waals surface area (Å²) >= 11 is 3.54. The molecule has 0 atom stereocenters. The molecular weight excluding hydrogens is 761 g/mol. The molecule has 0 unspecified atom stereocenters. The summed E-state index contributed by atoms with van der Waals surface area (Å²) in [5.41, 5.74) is 8.27. The van der Waals surface area contributed by atoms with Gasteiger partial charge >= 0.3 is 0 Å². The standard InChI is InChI=1S/C51H34N6S2/c1-51(2)38-22-10-12-25-41(38)59-44-37(21-13-23-39(44)51)50-56-46(32-17-7-4-8-18-32)53-48(57-50)34-29-27-33(28-30-34)47-52-45(31-15-5-3-6-16-31)54-49(55-47)36-20-14-26-42-43(36)35-19-9-11-24-40(35)58-42/h3-9,12-21,23,25-30H,10,22H2,1-2H3. The van der Waals surface area contributed by atoms with E-state index in [1.807, 2.05) is 90.6 Å². The third kappa shape index (κ3) is 6.22. The van der Waals surface area contributed by atoms with Gasteiger partial charge in [-0.1, -0.05) is 165 Å². The minimum Gasteiger partial charge on any atom is -0.208 e. The average Bonchev–Trinajstić information content (AvgIpc) is 3.68. The zero-order valence-electron chi connectivity index (χ0n) is 32.3. The Kier molecular flexibility index (Phi) is 8.54. The van der Waals surface area contributed by atoms with Gasteiger partial charge in [0.1, 0.15) is 0 Å². The van der Waals surface area contributed by atoms with E-state index in [1.165, 1.54) is 20.9 Å². The molecule has 0 N–H and O–H groups in total. The average molecular weight is 795 g/mol. The largest absolute Gasteiger partial charge is 0.208 e. The molecule has 2 aliphatic rings. The molecule has 0 bridgehead atoms. The van der Waals surface area contributed by atoms with Crippen LogP contribution >= 0.6 is 23.1 Å². The zero-order valence-corrected chi connectivity index (χ0v) is 33.9. The van der Waals surface area contributed by atoms with Crippen molar-refractivity contribution in [1.29, 1.82) is 0 Å². The number of benzene rings is 5. The van der Waals surface area contributed by atoms with Crippen LogP contribution in [0.4, 0.5) is 0 Å². The lowest BCUT2D eigenvalue weighted by atomic mass is 9.74. The molecule has 3 aromatic heterocycles. The first kappa shape index (κ1) is 35.4. The summed E-state index contributed by atoms with van der Waals surface area (Å²) in [6.07, 6.45) is 6.75. The van der Waals surface area contributed by atoms with Crippen LogP contribution in [0.1, 0.15) is 32.3 Å². The molecule has 6 nitrogen and oxygen atoms in total. The Hall–Kier alpha value is -6.79. The van der Waals surface area contributed by atoms with Gasteiger partial charge in [-0.2, -0.15) is 0 Å². The van der Waals surface area contributed by atoms with Gasteiger partial charge < -0.3 is 0 Å². The van der Waals surface area contributed by atoms with E-state index in [0.29, 0.717) is 34.9 Å². The van der Waals surface area contributed by atoms with Crippen molar-refractivity contribution in [2.75, 3.05) is 0 Å². The summed E-state index contributed by atoms with van der Waals surface area (Å²) in [5, 5.41) is 2.22. The van der Waals surface area contributed by atoms with E-state index < -0.39 is 0 Å². The monoisotopic (exact) mass is 794 g/mol. The molecule has 4 heterocycles. The Morgan fingerprint density at radius 2 is 1.12 bits per heavy atom. The molecule has 280 valence electrons. The van der Waals surface area contributed by atoms with E-state index in [0.717, 1.165) is 66.4 Å². The molecular formula is C51H34N6S2. The van der Waals surface area contributed by atoms with E-state index in [9.17, 15) is 0 Å². The van der Waals surface area contributed by atoms with Crippen LogP contribution in [-0.2, 0) is 5.41 Å². The number of thiophene rings is 1. The Morgan fingerprint density at radius 1 is 0.559 bits per heavy atom. The fourth-order valence-corrected chi connectivity index (χ4v) is 10.9. The number of rotatable bonds is 6. The van der Waals surface area contributed by atoms with Crippen molar-refractivity contribution >= 4 is 43.3 Å². The number of thioether (sulfide) groups is 1. The van der Waals surface area contributed by atoms with Crippen molar-refractivity contribution < 1.29 is 0 Å². The molecule has 59 heavy (non-hydrogen) atoms.